The molecule has 2 rings (SSSR count). The first-order chi connectivity index (χ1) is 8.66. The van der Waals surface area contributed by atoms with Gasteiger partial charge >= 0.3 is 0 Å². The van der Waals surface area contributed by atoms with Crippen LogP contribution in [-0.2, 0) is 0 Å². The number of rotatable bonds is 5. The number of aliphatic hydroxyl groups is 1. The Morgan fingerprint density at radius 2 is 2.06 bits per heavy atom. The molecule has 2 N–H and O–H groups in total. The van der Waals surface area contributed by atoms with Crippen LogP contribution >= 0.6 is 0 Å². The molecule has 0 aliphatic carbocycles. The van der Waals surface area contributed by atoms with E-state index in [0.29, 0.717) is 18.6 Å². The first-order valence-corrected chi connectivity index (χ1v) is 6.87. The van der Waals surface area contributed by atoms with Gasteiger partial charge in [-0.25, -0.2) is 0 Å². The molecule has 1 fully saturated rings. The monoisotopic (exact) mass is 248 g/mol. The molecule has 1 heterocycles. The molecule has 0 aromatic heterocycles. The van der Waals surface area contributed by atoms with E-state index in [1.165, 1.54) is 6.42 Å². The predicted molar refractivity (Wildman–Crippen MR) is 74.5 cm³/mol. The maximum absolute atomic E-state index is 10.1. The van der Waals surface area contributed by atoms with Crippen LogP contribution in [0.1, 0.15) is 31.9 Å². The van der Waals surface area contributed by atoms with Crippen molar-refractivity contribution in [3.63, 3.8) is 0 Å². The molecule has 1 aromatic carbocycles. The zero-order chi connectivity index (χ0) is 13.0. The van der Waals surface area contributed by atoms with Crippen molar-refractivity contribution in [3.8, 4) is 0 Å². The molecule has 1 saturated heterocycles. The summed E-state index contributed by atoms with van der Waals surface area (Å²) in [5.74, 6) is 0. The number of nitrogens with zero attached hydrogens (tertiary/aromatic N) is 1. The van der Waals surface area contributed by atoms with E-state index in [9.17, 15) is 5.11 Å². The van der Waals surface area contributed by atoms with Crippen molar-refractivity contribution in [2.24, 2.45) is 0 Å². The standard InChI is InChI=1S/C15H24N2O/c1-12(2)17-9-8-14(11-17)16-10-15(18)13-6-4-3-5-7-13/h3-7,12,14-16,18H,8-11H2,1-2H3. The number of aliphatic hydroxyl groups excluding tert-OH is 1. The van der Waals surface area contributed by atoms with Gasteiger partial charge < -0.3 is 10.4 Å². The summed E-state index contributed by atoms with van der Waals surface area (Å²) < 4.78 is 0. The van der Waals surface area contributed by atoms with Crippen LogP contribution < -0.4 is 5.32 Å². The number of hydrogen-bond acceptors (Lipinski definition) is 3. The van der Waals surface area contributed by atoms with E-state index >= 15 is 0 Å². The van der Waals surface area contributed by atoms with Crippen LogP contribution in [0.2, 0.25) is 0 Å². The topological polar surface area (TPSA) is 35.5 Å². The second-order valence-corrected chi connectivity index (χ2v) is 5.41. The number of benzene rings is 1. The Labute approximate surface area is 110 Å². The lowest BCUT2D eigenvalue weighted by Gasteiger charge is -2.21. The lowest BCUT2D eigenvalue weighted by atomic mass is 10.1. The quantitative estimate of drug-likeness (QED) is 0.834. The maximum atomic E-state index is 10.1. The average Bonchev–Trinajstić information content (AvgIpc) is 2.86. The molecule has 1 aliphatic heterocycles. The summed E-state index contributed by atoms with van der Waals surface area (Å²) in [4.78, 5) is 2.48. The van der Waals surface area contributed by atoms with Gasteiger partial charge in [0.15, 0.2) is 0 Å². The van der Waals surface area contributed by atoms with Crippen LogP contribution in [-0.4, -0.2) is 41.7 Å². The first-order valence-electron chi connectivity index (χ1n) is 6.87. The van der Waals surface area contributed by atoms with Crippen LogP contribution in [0.15, 0.2) is 30.3 Å². The molecule has 2 atom stereocenters. The zero-order valence-corrected chi connectivity index (χ0v) is 11.3. The molecule has 0 radical (unpaired) electrons. The summed E-state index contributed by atoms with van der Waals surface area (Å²) in [5, 5.41) is 13.6. The number of likely N-dealkylation sites (tertiary alicyclic amines) is 1. The van der Waals surface area contributed by atoms with Crippen molar-refractivity contribution in [2.75, 3.05) is 19.6 Å². The third-order valence-electron chi connectivity index (χ3n) is 3.73. The van der Waals surface area contributed by atoms with E-state index < -0.39 is 6.10 Å². The predicted octanol–water partition coefficient (Wildman–Crippen LogP) is 1.79. The van der Waals surface area contributed by atoms with Crippen molar-refractivity contribution in [1.29, 1.82) is 0 Å². The van der Waals surface area contributed by atoms with Gasteiger partial charge in [0.25, 0.3) is 0 Å². The van der Waals surface area contributed by atoms with Crippen LogP contribution in [0.4, 0.5) is 0 Å². The Hall–Kier alpha value is -0.900. The highest BCUT2D eigenvalue weighted by molar-refractivity contribution is 5.17. The minimum atomic E-state index is -0.403. The molecule has 0 saturated carbocycles. The van der Waals surface area contributed by atoms with Gasteiger partial charge in [-0.15, -0.1) is 0 Å². The van der Waals surface area contributed by atoms with Crippen LogP contribution in [0, 0.1) is 0 Å². The lowest BCUT2D eigenvalue weighted by Crippen LogP contribution is -2.37. The molecule has 100 valence electrons. The Bertz CT molecular complexity index is 353. The largest absolute Gasteiger partial charge is 0.387 e. The van der Waals surface area contributed by atoms with Crippen molar-refractivity contribution in [1.82, 2.24) is 10.2 Å². The second kappa shape index (κ2) is 6.32. The first kappa shape index (κ1) is 13.5. The summed E-state index contributed by atoms with van der Waals surface area (Å²) in [7, 11) is 0. The summed E-state index contributed by atoms with van der Waals surface area (Å²) in [6, 6.07) is 11.0. The van der Waals surface area contributed by atoms with Gasteiger partial charge in [0.1, 0.15) is 0 Å². The molecular weight excluding hydrogens is 224 g/mol. The summed E-state index contributed by atoms with van der Waals surface area (Å²) in [5.41, 5.74) is 0.990. The highest BCUT2D eigenvalue weighted by Crippen LogP contribution is 2.15. The Morgan fingerprint density at radius 3 is 2.67 bits per heavy atom. The highest BCUT2D eigenvalue weighted by Gasteiger charge is 2.24. The fourth-order valence-electron chi connectivity index (χ4n) is 2.49. The Balaban J connectivity index is 1.76. The average molecular weight is 248 g/mol. The zero-order valence-electron chi connectivity index (χ0n) is 11.3. The minimum Gasteiger partial charge on any atom is -0.387 e. The lowest BCUT2D eigenvalue weighted by molar-refractivity contribution is 0.169. The van der Waals surface area contributed by atoms with E-state index in [-0.39, 0.29) is 0 Å². The fraction of sp³-hybridized carbons (Fsp3) is 0.600. The summed E-state index contributed by atoms with van der Waals surface area (Å²) in [6.45, 7) is 7.37. The second-order valence-electron chi connectivity index (χ2n) is 5.41. The van der Waals surface area contributed by atoms with Gasteiger partial charge in [0.05, 0.1) is 6.10 Å². The summed E-state index contributed by atoms with van der Waals surface area (Å²) >= 11 is 0. The summed E-state index contributed by atoms with van der Waals surface area (Å²) in [6.07, 6.45) is 0.777. The van der Waals surface area contributed by atoms with E-state index in [1.54, 1.807) is 0 Å². The smallest absolute Gasteiger partial charge is 0.0914 e. The molecule has 2 unspecified atom stereocenters. The molecule has 0 spiro atoms. The molecule has 0 bridgehead atoms. The van der Waals surface area contributed by atoms with Gasteiger partial charge in [-0.05, 0) is 32.4 Å². The minimum absolute atomic E-state index is 0.403. The van der Waals surface area contributed by atoms with Crippen molar-refractivity contribution >= 4 is 0 Å². The van der Waals surface area contributed by atoms with Crippen LogP contribution in [0.25, 0.3) is 0 Å². The molecule has 3 heteroatoms. The van der Waals surface area contributed by atoms with E-state index in [1.807, 2.05) is 30.3 Å². The Kier molecular flexibility index (Phi) is 4.75. The highest BCUT2D eigenvalue weighted by atomic mass is 16.3. The van der Waals surface area contributed by atoms with Crippen molar-refractivity contribution in [3.05, 3.63) is 35.9 Å². The maximum Gasteiger partial charge on any atom is 0.0914 e. The van der Waals surface area contributed by atoms with Gasteiger partial charge in [-0.3, -0.25) is 4.90 Å². The van der Waals surface area contributed by atoms with E-state index in [2.05, 4.69) is 24.1 Å². The Morgan fingerprint density at radius 1 is 1.33 bits per heavy atom. The van der Waals surface area contributed by atoms with Gasteiger partial charge in [0.2, 0.25) is 0 Å². The molecule has 0 amide bonds. The van der Waals surface area contributed by atoms with Gasteiger partial charge in [-0.2, -0.15) is 0 Å². The molecule has 18 heavy (non-hydrogen) atoms. The van der Waals surface area contributed by atoms with Gasteiger partial charge in [-0.1, -0.05) is 30.3 Å². The fourth-order valence-corrected chi connectivity index (χ4v) is 2.49. The molecule has 1 aliphatic rings. The van der Waals surface area contributed by atoms with E-state index in [0.717, 1.165) is 18.7 Å². The van der Waals surface area contributed by atoms with Crippen LogP contribution in [0.5, 0.6) is 0 Å². The van der Waals surface area contributed by atoms with Gasteiger partial charge in [0, 0.05) is 25.2 Å². The third-order valence-corrected chi connectivity index (χ3v) is 3.73. The van der Waals surface area contributed by atoms with Crippen LogP contribution in [0.3, 0.4) is 0 Å². The van der Waals surface area contributed by atoms with Crippen molar-refractivity contribution in [2.45, 2.75) is 38.5 Å². The number of hydrogen-bond donors (Lipinski definition) is 2. The third kappa shape index (κ3) is 3.55. The molecule has 3 nitrogen and oxygen atoms in total. The van der Waals surface area contributed by atoms with E-state index in [4.69, 9.17) is 0 Å². The SMILES string of the molecule is CC(C)N1CCC(NCC(O)c2ccccc2)C1. The normalized spacial score (nSPS) is 22.6. The van der Waals surface area contributed by atoms with Crippen molar-refractivity contribution < 1.29 is 5.11 Å². The molecular formula is C15H24N2O. The number of nitrogens with one attached hydrogen (secondary N) is 1. The molecule has 1 aromatic rings.